The summed E-state index contributed by atoms with van der Waals surface area (Å²) in [6.45, 7) is 0. The number of rotatable bonds is 6. The molecule has 34 heavy (non-hydrogen) atoms. The maximum absolute atomic E-state index is 10.7. The van der Waals surface area contributed by atoms with Crippen molar-refractivity contribution in [2.24, 2.45) is 24.3 Å². The van der Waals surface area contributed by atoms with Crippen LogP contribution in [0.4, 0.5) is 11.9 Å². The summed E-state index contributed by atoms with van der Waals surface area (Å²) in [6.07, 6.45) is 3.07. The Morgan fingerprint density at radius 3 is 1.68 bits per heavy atom. The van der Waals surface area contributed by atoms with Gasteiger partial charge in [0.25, 0.3) is 0 Å². The summed E-state index contributed by atoms with van der Waals surface area (Å²) in [5.74, 6) is 1.25. The first-order valence-electron chi connectivity index (χ1n) is 10.4. The summed E-state index contributed by atoms with van der Waals surface area (Å²) < 4.78 is 4.61. The first-order valence-corrected chi connectivity index (χ1v) is 11.2. The molecule has 3 aromatic carbocycles. The number of nitrogens with zero attached hydrogens (tertiary/aromatic N) is 6. The van der Waals surface area contributed by atoms with E-state index in [0.29, 0.717) is 23.0 Å². The van der Waals surface area contributed by atoms with Crippen LogP contribution in [0.2, 0.25) is 0 Å². The van der Waals surface area contributed by atoms with Crippen LogP contribution in [-0.2, 0) is 14.1 Å². The number of aromatic hydroxyl groups is 1. The lowest BCUT2D eigenvalue weighted by molar-refractivity contribution is 0.473. The van der Waals surface area contributed by atoms with Crippen molar-refractivity contribution in [3.63, 3.8) is 0 Å². The Balaban J connectivity index is 1.34. The number of imidazole rings is 2. The molecule has 0 bridgehead atoms. The predicted octanol–water partition coefficient (Wildman–Crippen LogP) is 4.82. The van der Waals surface area contributed by atoms with Crippen LogP contribution in [-0.4, -0.2) is 36.6 Å². The third kappa shape index (κ3) is 4.11. The van der Waals surface area contributed by atoms with E-state index < -0.39 is 0 Å². The normalized spacial score (nSPS) is 11.9. The van der Waals surface area contributed by atoms with Crippen LogP contribution in [0, 0.1) is 0 Å². The number of para-hydroxylation sites is 4. The van der Waals surface area contributed by atoms with Gasteiger partial charge in [0.1, 0.15) is 5.75 Å². The van der Waals surface area contributed by atoms with Gasteiger partial charge >= 0.3 is 0 Å². The molecule has 0 atom stereocenters. The lowest BCUT2D eigenvalue weighted by Gasteiger charge is -2.06. The summed E-state index contributed by atoms with van der Waals surface area (Å²) in [5.41, 5.74) is 10.7. The summed E-state index contributed by atoms with van der Waals surface area (Å²) in [4.78, 5) is 9.04. The van der Waals surface area contributed by atoms with Crippen molar-refractivity contribution in [3.05, 3.63) is 76.3 Å². The Kier molecular flexibility index (Phi) is 5.72. The number of phenols is 1. The second-order valence-corrected chi connectivity index (χ2v) is 8.55. The highest BCUT2D eigenvalue weighted by Crippen LogP contribution is 2.26. The fourth-order valence-corrected chi connectivity index (χ4v) is 4.14. The van der Waals surface area contributed by atoms with Gasteiger partial charge in [-0.2, -0.15) is 10.2 Å². The highest BCUT2D eigenvalue weighted by atomic mass is 79.9. The van der Waals surface area contributed by atoms with Crippen molar-refractivity contribution in [1.29, 1.82) is 0 Å². The van der Waals surface area contributed by atoms with Gasteiger partial charge in [0.2, 0.25) is 11.9 Å². The molecule has 0 unspecified atom stereocenters. The molecule has 0 aliphatic rings. The molecule has 0 aliphatic heterocycles. The average Bonchev–Trinajstić information content (AvgIpc) is 3.33. The second kappa shape index (κ2) is 8.99. The summed E-state index contributed by atoms with van der Waals surface area (Å²) in [5, 5.41) is 19.3. The number of aromatic nitrogens is 4. The third-order valence-corrected chi connectivity index (χ3v) is 5.90. The maximum Gasteiger partial charge on any atom is 0.224 e. The number of fused-ring (bicyclic) bond motifs is 2. The molecule has 0 saturated heterocycles. The lowest BCUT2D eigenvalue weighted by Crippen LogP contribution is -2.00. The second-order valence-electron chi connectivity index (χ2n) is 7.64. The van der Waals surface area contributed by atoms with Crippen molar-refractivity contribution in [3.8, 4) is 5.75 Å². The van der Waals surface area contributed by atoms with Gasteiger partial charge in [-0.3, -0.25) is 0 Å². The van der Waals surface area contributed by atoms with Crippen molar-refractivity contribution in [1.82, 2.24) is 19.1 Å². The standard InChI is InChI=1S/C24H21BrN8O/c1-32-20-9-5-3-7-18(20)28-23(32)30-26-13-15-11-17(25)12-16(22(15)34)14-27-31-24-29-19-8-4-6-10-21(19)33(24)2/h3-14,34H,1-2H3,(H,28,30)(H,29,31)/b26-13+,27-14?. The minimum absolute atomic E-state index is 0.0503. The monoisotopic (exact) mass is 516 g/mol. The van der Waals surface area contributed by atoms with Gasteiger partial charge in [-0.15, -0.1) is 0 Å². The Hall–Kier alpha value is -4.18. The van der Waals surface area contributed by atoms with Crippen LogP contribution in [0.5, 0.6) is 5.75 Å². The summed E-state index contributed by atoms with van der Waals surface area (Å²) >= 11 is 3.48. The molecular formula is C24H21BrN8O. The molecule has 2 heterocycles. The van der Waals surface area contributed by atoms with Crippen molar-refractivity contribution in [2.75, 3.05) is 10.9 Å². The minimum atomic E-state index is 0.0503. The van der Waals surface area contributed by atoms with E-state index in [1.807, 2.05) is 71.8 Å². The number of phenolic OH excluding ortho intramolecular Hbond substituents is 1. The molecule has 3 N–H and O–H groups in total. The summed E-state index contributed by atoms with van der Waals surface area (Å²) in [6, 6.07) is 19.2. The number of aryl methyl sites for hydroxylation is 2. The molecule has 5 aromatic rings. The Morgan fingerprint density at radius 2 is 1.24 bits per heavy atom. The Morgan fingerprint density at radius 1 is 0.794 bits per heavy atom. The molecule has 2 aromatic heterocycles. The largest absolute Gasteiger partial charge is 0.507 e. The number of hydrazone groups is 2. The molecule has 0 amide bonds. The molecule has 0 radical (unpaired) electrons. The topological polar surface area (TPSA) is 105 Å². The van der Waals surface area contributed by atoms with Gasteiger partial charge in [0.15, 0.2) is 0 Å². The quantitative estimate of drug-likeness (QED) is 0.221. The fourth-order valence-electron chi connectivity index (χ4n) is 3.65. The average molecular weight is 517 g/mol. The molecule has 0 saturated carbocycles. The van der Waals surface area contributed by atoms with Crippen LogP contribution in [0.25, 0.3) is 22.1 Å². The predicted molar refractivity (Wildman–Crippen MR) is 140 cm³/mol. The molecule has 10 heteroatoms. The molecule has 170 valence electrons. The Bertz CT molecular complexity index is 1450. The zero-order valence-corrected chi connectivity index (χ0v) is 20.0. The van der Waals surface area contributed by atoms with Gasteiger partial charge in [-0.25, -0.2) is 20.8 Å². The third-order valence-electron chi connectivity index (χ3n) is 5.44. The van der Waals surface area contributed by atoms with Crippen LogP contribution < -0.4 is 10.9 Å². The zero-order valence-electron chi connectivity index (χ0n) is 18.4. The van der Waals surface area contributed by atoms with E-state index in [4.69, 9.17) is 0 Å². The van der Waals surface area contributed by atoms with E-state index in [2.05, 4.69) is 47.0 Å². The molecule has 0 fully saturated rings. The number of hydrogen-bond donors (Lipinski definition) is 3. The van der Waals surface area contributed by atoms with Crippen molar-refractivity contribution in [2.45, 2.75) is 0 Å². The van der Waals surface area contributed by atoms with E-state index >= 15 is 0 Å². The first-order chi connectivity index (χ1) is 16.5. The van der Waals surface area contributed by atoms with E-state index in [-0.39, 0.29) is 5.75 Å². The van der Waals surface area contributed by atoms with Gasteiger partial charge in [-0.05, 0) is 36.4 Å². The van der Waals surface area contributed by atoms with Gasteiger partial charge in [0.05, 0.1) is 34.5 Å². The summed E-state index contributed by atoms with van der Waals surface area (Å²) in [7, 11) is 3.83. The highest BCUT2D eigenvalue weighted by Gasteiger charge is 2.09. The zero-order chi connectivity index (χ0) is 23.7. The molecule has 0 aliphatic carbocycles. The van der Waals surface area contributed by atoms with E-state index in [9.17, 15) is 5.11 Å². The van der Waals surface area contributed by atoms with E-state index in [1.54, 1.807) is 12.1 Å². The fraction of sp³-hybridized carbons (Fsp3) is 0.0833. The SMILES string of the molecule is Cn1c(NN=Cc2cc(Br)cc(/C=N/Nc3nc4ccccc4n3C)c2O)nc2ccccc21. The van der Waals surface area contributed by atoms with Crippen molar-refractivity contribution >= 4 is 62.3 Å². The van der Waals surface area contributed by atoms with E-state index in [0.717, 1.165) is 26.5 Å². The van der Waals surface area contributed by atoms with Crippen LogP contribution >= 0.6 is 15.9 Å². The number of anilines is 2. The number of nitrogens with one attached hydrogen (secondary N) is 2. The van der Waals surface area contributed by atoms with Crippen LogP contribution in [0.15, 0.2) is 75.3 Å². The maximum atomic E-state index is 10.7. The van der Waals surface area contributed by atoms with Crippen LogP contribution in [0.3, 0.4) is 0 Å². The first kappa shape index (κ1) is 21.7. The van der Waals surface area contributed by atoms with Crippen molar-refractivity contribution < 1.29 is 5.11 Å². The highest BCUT2D eigenvalue weighted by molar-refractivity contribution is 9.10. The molecular weight excluding hydrogens is 496 g/mol. The van der Waals surface area contributed by atoms with Gasteiger partial charge < -0.3 is 14.2 Å². The lowest BCUT2D eigenvalue weighted by atomic mass is 10.1. The smallest absolute Gasteiger partial charge is 0.224 e. The molecule has 0 spiro atoms. The number of halogens is 1. The Labute approximate surface area is 203 Å². The van der Waals surface area contributed by atoms with Gasteiger partial charge in [-0.1, -0.05) is 40.2 Å². The number of benzene rings is 3. The number of hydrogen-bond acceptors (Lipinski definition) is 7. The van der Waals surface area contributed by atoms with E-state index in [1.165, 1.54) is 12.4 Å². The molecule has 5 rings (SSSR count). The molecule has 9 nitrogen and oxygen atoms in total. The van der Waals surface area contributed by atoms with Gasteiger partial charge in [0, 0.05) is 29.7 Å². The van der Waals surface area contributed by atoms with Crippen LogP contribution in [0.1, 0.15) is 11.1 Å². The minimum Gasteiger partial charge on any atom is -0.507 e.